The van der Waals surface area contributed by atoms with Gasteiger partial charge in [-0.1, -0.05) is 12.1 Å². The molecule has 0 aliphatic carbocycles. The first-order chi connectivity index (χ1) is 15.5. The predicted octanol–water partition coefficient (Wildman–Crippen LogP) is 2.28. The molecule has 0 saturated carbocycles. The van der Waals surface area contributed by atoms with E-state index in [9.17, 15) is 18.4 Å². The van der Waals surface area contributed by atoms with Gasteiger partial charge in [-0.25, -0.2) is 9.97 Å². The lowest BCUT2D eigenvalue weighted by molar-refractivity contribution is -0.137. The van der Waals surface area contributed by atoms with Crippen molar-refractivity contribution in [2.75, 3.05) is 44.2 Å². The van der Waals surface area contributed by atoms with E-state index in [4.69, 9.17) is 0 Å². The Labute approximate surface area is 184 Å². The van der Waals surface area contributed by atoms with Gasteiger partial charge in [0.2, 0.25) is 11.9 Å². The first-order valence-electron chi connectivity index (χ1n) is 10.7. The number of hydrogen-bond donors (Lipinski definition) is 0. The van der Waals surface area contributed by atoms with Gasteiger partial charge in [0, 0.05) is 51.7 Å². The molecule has 3 heterocycles. The van der Waals surface area contributed by atoms with Crippen molar-refractivity contribution in [2.45, 2.75) is 19.5 Å². The van der Waals surface area contributed by atoms with Crippen LogP contribution < -0.4 is 9.64 Å². The second-order valence-electron chi connectivity index (χ2n) is 7.83. The molecule has 170 valence electrons. The molecule has 2 fully saturated rings. The molecular weight excluding hydrogens is 420 g/mol. The molecule has 0 bridgehead atoms. The molecule has 0 radical (unpaired) electrons. The monoisotopic (exact) mass is 445 g/mol. The van der Waals surface area contributed by atoms with E-state index in [1.807, 2.05) is 9.80 Å². The Bertz CT molecular complexity index is 938. The molecule has 1 atom stereocenters. The summed E-state index contributed by atoms with van der Waals surface area (Å²) >= 11 is 0. The van der Waals surface area contributed by atoms with Gasteiger partial charge in [-0.15, -0.1) is 0 Å². The SMILES string of the molecule is O=C(c1ccccc1OC(F)F)N1CCCC(C(=O)N2CCN(c3ncccn3)CC2)C1. The zero-order valence-corrected chi connectivity index (χ0v) is 17.6. The van der Waals surface area contributed by atoms with Crippen LogP contribution >= 0.6 is 0 Å². The van der Waals surface area contributed by atoms with Crippen LogP contribution in [0, 0.1) is 5.92 Å². The quantitative estimate of drug-likeness (QED) is 0.703. The van der Waals surface area contributed by atoms with Crippen molar-refractivity contribution in [3.63, 3.8) is 0 Å². The van der Waals surface area contributed by atoms with Gasteiger partial charge in [0.15, 0.2) is 0 Å². The molecule has 1 aromatic carbocycles. The Morgan fingerprint density at radius 2 is 1.69 bits per heavy atom. The van der Waals surface area contributed by atoms with Crippen LogP contribution in [0.15, 0.2) is 42.7 Å². The number of carbonyl (C=O) groups excluding carboxylic acids is 2. The largest absolute Gasteiger partial charge is 0.434 e. The fourth-order valence-corrected chi connectivity index (χ4v) is 4.22. The first kappa shape index (κ1) is 21.9. The van der Waals surface area contributed by atoms with Gasteiger partial charge in [0.25, 0.3) is 5.91 Å². The normalized spacial score (nSPS) is 19.2. The predicted molar refractivity (Wildman–Crippen MR) is 113 cm³/mol. The molecule has 0 spiro atoms. The Balaban J connectivity index is 1.37. The molecule has 0 N–H and O–H groups in total. The molecule has 2 amide bonds. The van der Waals surface area contributed by atoms with E-state index in [2.05, 4.69) is 14.7 Å². The maximum Gasteiger partial charge on any atom is 0.387 e. The summed E-state index contributed by atoms with van der Waals surface area (Å²) in [5, 5.41) is 0. The van der Waals surface area contributed by atoms with Gasteiger partial charge >= 0.3 is 6.61 Å². The van der Waals surface area contributed by atoms with Gasteiger partial charge in [-0.05, 0) is 31.0 Å². The molecule has 1 aromatic heterocycles. The number of piperazine rings is 1. The number of hydrogen-bond acceptors (Lipinski definition) is 6. The van der Waals surface area contributed by atoms with Crippen LogP contribution in [0.1, 0.15) is 23.2 Å². The number of carbonyl (C=O) groups is 2. The van der Waals surface area contributed by atoms with Crippen molar-refractivity contribution in [2.24, 2.45) is 5.92 Å². The van der Waals surface area contributed by atoms with E-state index in [0.29, 0.717) is 51.5 Å². The number of likely N-dealkylation sites (tertiary alicyclic amines) is 1. The summed E-state index contributed by atoms with van der Waals surface area (Å²) in [7, 11) is 0. The summed E-state index contributed by atoms with van der Waals surface area (Å²) in [6.07, 6.45) is 4.76. The van der Waals surface area contributed by atoms with Crippen molar-refractivity contribution >= 4 is 17.8 Å². The average Bonchev–Trinajstić information content (AvgIpc) is 2.84. The second-order valence-corrected chi connectivity index (χ2v) is 7.83. The summed E-state index contributed by atoms with van der Waals surface area (Å²) in [5.74, 6) is -0.188. The van der Waals surface area contributed by atoms with Crippen LogP contribution in [0.25, 0.3) is 0 Å². The van der Waals surface area contributed by atoms with Crippen LogP contribution in [-0.2, 0) is 4.79 Å². The number of halogens is 2. The zero-order valence-electron chi connectivity index (χ0n) is 17.6. The van der Waals surface area contributed by atoms with Crippen LogP contribution in [0.2, 0.25) is 0 Å². The molecule has 10 heteroatoms. The minimum absolute atomic E-state index is 0.0215. The molecular formula is C22H25F2N5O3. The van der Waals surface area contributed by atoms with E-state index in [0.717, 1.165) is 0 Å². The fraction of sp³-hybridized carbons (Fsp3) is 0.455. The molecule has 2 aliphatic rings. The summed E-state index contributed by atoms with van der Waals surface area (Å²) in [6, 6.07) is 7.72. The number of piperidine rings is 1. The van der Waals surface area contributed by atoms with E-state index < -0.39 is 12.5 Å². The number of anilines is 1. The maximum absolute atomic E-state index is 13.1. The van der Waals surface area contributed by atoms with Gasteiger partial charge in [0.1, 0.15) is 5.75 Å². The molecule has 8 nitrogen and oxygen atoms in total. The number of alkyl halides is 2. The second kappa shape index (κ2) is 9.88. The number of nitrogens with zero attached hydrogens (tertiary/aromatic N) is 5. The van der Waals surface area contributed by atoms with E-state index in [-0.39, 0.29) is 29.7 Å². The van der Waals surface area contributed by atoms with Gasteiger partial charge in [0.05, 0.1) is 11.5 Å². The number of para-hydroxylation sites is 1. The lowest BCUT2D eigenvalue weighted by Gasteiger charge is -2.39. The third-order valence-electron chi connectivity index (χ3n) is 5.82. The van der Waals surface area contributed by atoms with Crippen molar-refractivity contribution in [1.82, 2.24) is 19.8 Å². The topological polar surface area (TPSA) is 78.9 Å². The average molecular weight is 445 g/mol. The van der Waals surface area contributed by atoms with Gasteiger partial charge in [-0.2, -0.15) is 8.78 Å². The van der Waals surface area contributed by atoms with Gasteiger partial charge in [-0.3, -0.25) is 9.59 Å². The van der Waals surface area contributed by atoms with Crippen LogP contribution in [0.4, 0.5) is 14.7 Å². The van der Waals surface area contributed by atoms with Crippen LogP contribution in [0.3, 0.4) is 0 Å². The maximum atomic E-state index is 13.1. The third kappa shape index (κ3) is 4.95. The highest BCUT2D eigenvalue weighted by atomic mass is 19.3. The Morgan fingerprint density at radius 3 is 2.41 bits per heavy atom. The molecule has 32 heavy (non-hydrogen) atoms. The fourth-order valence-electron chi connectivity index (χ4n) is 4.22. The Morgan fingerprint density at radius 1 is 0.969 bits per heavy atom. The van der Waals surface area contributed by atoms with Crippen molar-refractivity contribution in [3.05, 3.63) is 48.3 Å². The van der Waals surface area contributed by atoms with Gasteiger partial charge < -0.3 is 19.4 Å². The molecule has 2 saturated heterocycles. The van der Waals surface area contributed by atoms with Crippen LogP contribution in [-0.4, -0.2) is 77.5 Å². The van der Waals surface area contributed by atoms with Crippen molar-refractivity contribution in [3.8, 4) is 5.75 Å². The highest BCUT2D eigenvalue weighted by Crippen LogP contribution is 2.26. The minimum atomic E-state index is -3.01. The molecule has 4 rings (SSSR count). The standard InChI is InChI=1S/C22H25F2N5O3/c23-21(24)32-18-7-2-1-6-17(18)20(31)29-10-3-5-16(15-29)19(30)27-11-13-28(14-12-27)22-25-8-4-9-26-22/h1-2,4,6-9,16,21H,3,5,10-15H2. The number of ether oxygens (including phenoxy) is 1. The highest BCUT2D eigenvalue weighted by Gasteiger charge is 2.34. The van der Waals surface area contributed by atoms with E-state index >= 15 is 0 Å². The minimum Gasteiger partial charge on any atom is -0.434 e. The zero-order chi connectivity index (χ0) is 22.5. The van der Waals surface area contributed by atoms with Crippen molar-refractivity contribution in [1.29, 1.82) is 0 Å². The smallest absolute Gasteiger partial charge is 0.387 e. The Hall–Kier alpha value is -3.30. The first-order valence-corrected chi connectivity index (χ1v) is 10.7. The molecule has 2 aliphatic heterocycles. The number of amides is 2. The van der Waals surface area contributed by atoms with Crippen LogP contribution in [0.5, 0.6) is 5.75 Å². The van der Waals surface area contributed by atoms with E-state index in [1.54, 1.807) is 29.4 Å². The molecule has 1 unspecified atom stereocenters. The Kier molecular flexibility index (Phi) is 6.77. The number of rotatable bonds is 5. The highest BCUT2D eigenvalue weighted by molar-refractivity contribution is 5.97. The third-order valence-corrected chi connectivity index (χ3v) is 5.82. The lowest BCUT2D eigenvalue weighted by atomic mass is 9.95. The number of benzene rings is 1. The summed E-state index contributed by atoms with van der Waals surface area (Å²) in [5.41, 5.74) is 0.0809. The van der Waals surface area contributed by atoms with E-state index in [1.165, 1.54) is 18.2 Å². The lowest BCUT2D eigenvalue weighted by Crippen LogP contribution is -2.53. The molecule has 2 aromatic rings. The summed E-state index contributed by atoms with van der Waals surface area (Å²) in [4.78, 5) is 40.1. The van der Waals surface area contributed by atoms with Crippen molar-refractivity contribution < 1.29 is 23.1 Å². The summed E-state index contributed by atoms with van der Waals surface area (Å²) < 4.78 is 29.9. The number of aromatic nitrogens is 2. The summed E-state index contributed by atoms with van der Waals surface area (Å²) in [6.45, 7) is 0.138.